The van der Waals surface area contributed by atoms with Crippen LogP contribution < -0.4 is 5.73 Å². The molecule has 0 rings (SSSR count). The van der Waals surface area contributed by atoms with Crippen molar-refractivity contribution in [2.45, 2.75) is 45.1 Å². The van der Waals surface area contributed by atoms with Crippen LogP contribution in [0.3, 0.4) is 0 Å². The van der Waals surface area contributed by atoms with E-state index in [1.165, 1.54) is 32.1 Å². The zero-order chi connectivity index (χ0) is 10.8. The van der Waals surface area contributed by atoms with Gasteiger partial charge in [0.25, 0.3) is 0 Å². The molecule has 84 valence electrons. The fourth-order valence-electron chi connectivity index (χ4n) is 1.09. The third-order valence-corrected chi connectivity index (χ3v) is 3.18. The Hall–Kier alpha value is -0.220. The van der Waals surface area contributed by atoms with E-state index < -0.39 is 12.0 Å². The molecule has 0 aromatic heterocycles. The van der Waals surface area contributed by atoms with Gasteiger partial charge >= 0.3 is 5.97 Å². The van der Waals surface area contributed by atoms with E-state index >= 15 is 0 Å². The quantitative estimate of drug-likeness (QED) is 0.583. The van der Waals surface area contributed by atoms with Crippen LogP contribution in [0.2, 0.25) is 0 Å². The maximum Gasteiger partial charge on any atom is 0.321 e. The molecular formula is C10H21NO2S. The van der Waals surface area contributed by atoms with Crippen molar-refractivity contribution in [1.29, 1.82) is 0 Å². The Labute approximate surface area is 90.4 Å². The molecule has 0 aromatic carbocycles. The smallest absolute Gasteiger partial charge is 0.321 e. The largest absolute Gasteiger partial charge is 0.480 e. The molecular weight excluding hydrogens is 198 g/mol. The van der Waals surface area contributed by atoms with Crippen LogP contribution in [0.15, 0.2) is 0 Å². The molecule has 0 heterocycles. The van der Waals surface area contributed by atoms with Crippen LogP contribution in [-0.4, -0.2) is 28.6 Å². The summed E-state index contributed by atoms with van der Waals surface area (Å²) in [5.74, 6) is 0.664. The highest BCUT2D eigenvalue weighted by atomic mass is 32.2. The molecule has 0 spiro atoms. The lowest BCUT2D eigenvalue weighted by Gasteiger charge is -2.05. The predicted molar refractivity (Wildman–Crippen MR) is 61.7 cm³/mol. The number of thioether (sulfide) groups is 1. The Balaban J connectivity index is 3.09. The lowest BCUT2D eigenvalue weighted by molar-refractivity contribution is -0.137. The first-order valence-corrected chi connectivity index (χ1v) is 6.40. The van der Waals surface area contributed by atoms with Crippen LogP contribution >= 0.6 is 11.8 Å². The van der Waals surface area contributed by atoms with Crippen molar-refractivity contribution in [1.82, 2.24) is 0 Å². The molecule has 0 fully saturated rings. The average molecular weight is 219 g/mol. The monoisotopic (exact) mass is 219 g/mol. The van der Waals surface area contributed by atoms with Crippen LogP contribution in [0, 0.1) is 0 Å². The fraction of sp³-hybridized carbons (Fsp3) is 0.900. The number of carboxylic acids is 1. The number of carboxylic acid groups (broad SMARTS) is 1. The van der Waals surface area contributed by atoms with Crippen LogP contribution in [0.5, 0.6) is 0 Å². The number of nitrogens with two attached hydrogens (primary N) is 1. The van der Waals surface area contributed by atoms with Gasteiger partial charge in [0.15, 0.2) is 0 Å². The topological polar surface area (TPSA) is 63.3 Å². The van der Waals surface area contributed by atoms with Crippen molar-refractivity contribution >= 4 is 17.7 Å². The number of rotatable bonds is 9. The molecule has 14 heavy (non-hydrogen) atoms. The lowest BCUT2D eigenvalue weighted by Crippen LogP contribution is -2.32. The van der Waals surface area contributed by atoms with Gasteiger partial charge in [-0.15, -0.1) is 0 Å². The van der Waals surface area contributed by atoms with Gasteiger partial charge in [-0.3, -0.25) is 4.79 Å². The maximum absolute atomic E-state index is 10.4. The summed E-state index contributed by atoms with van der Waals surface area (Å²) in [6.45, 7) is 2.20. The Bertz CT molecular complexity index is 153. The summed E-state index contributed by atoms with van der Waals surface area (Å²) in [7, 11) is 0. The number of hydrogen-bond acceptors (Lipinski definition) is 3. The van der Waals surface area contributed by atoms with E-state index in [1.54, 1.807) is 11.8 Å². The third-order valence-electron chi connectivity index (χ3n) is 2.01. The normalized spacial score (nSPS) is 12.7. The standard InChI is InChI=1S/C10H21NO2S/c1-2-3-4-5-6-7-14-8-9(11)10(12)13/h9H,2-8,11H2,1H3,(H,12,13)/t9-/m0/s1. The van der Waals surface area contributed by atoms with Gasteiger partial charge in [-0.1, -0.05) is 32.6 Å². The van der Waals surface area contributed by atoms with Crippen LogP contribution in [0.1, 0.15) is 39.0 Å². The van der Waals surface area contributed by atoms with Crippen molar-refractivity contribution in [3.8, 4) is 0 Å². The zero-order valence-electron chi connectivity index (χ0n) is 8.87. The molecule has 0 aliphatic rings. The lowest BCUT2D eigenvalue weighted by atomic mass is 10.2. The minimum Gasteiger partial charge on any atom is -0.480 e. The Morgan fingerprint density at radius 3 is 2.57 bits per heavy atom. The van der Waals surface area contributed by atoms with E-state index in [2.05, 4.69) is 6.92 Å². The number of hydrogen-bond donors (Lipinski definition) is 2. The van der Waals surface area contributed by atoms with E-state index in [0.717, 1.165) is 5.75 Å². The van der Waals surface area contributed by atoms with Crippen molar-refractivity contribution in [2.75, 3.05) is 11.5 Å². The van der Waals surface area contributed by atoms with Crippen LogP contribution in [0.25, 0.3) is 0 Å². The molecule has 3 N–H and O–H groups in total. The summed E-state index contributed by atoms with van der Waals surface area (Å²) in [4.78, 5) is 10.4. The summed E-state index contributed by atoms with van der Waals surface area (Å²) in [6, 6.07) is -0.698. The Morgan fingerprint density at radius 2 is 2.00 bits per heavy atom. The Kier molecular flexibility index (Phi) is 9.19. The fourth-order valence-corrected chi connectivity index (χ4v) is 2.06. The Morgan fingerprint density at radius 1 is 1.36 bits per heavy atom. The van der Waals surface area contributed by atoms with Gasteiger partial charge in [0, 0.05) is 5.75 Å². The van der Waals surface area contributed by atoms with Gasteiger partial charge in [0.1, 0.15) is 6.04 Å². The third kappa shape index (κ3) is 8.38. The summed E-state index contributed by atoms with van der Waals surface area (Å²) in [5.41, 5.74) is 5.36. The van der Waals surface area contributed by atoms with Crippen LogP contribution in [0.4, 0.5) is 0 Å². The van der Waals surface area contributed by atoms with E-state index in [0.29, 0.717) is 5.75 Å². The van der Waals surface area contributed by atoms with Crippen molar-refractivity contribution in [3.05, 3.63) is 0 Å². The molecule has 0 unspecified atom stereocenters. The molecule has 1 atom stereocenters. The molecule has 0 aliphatic carbocycles. The molecule has 4 heteroatoms. The second-order valence-electron chi connectivity index (χ2n) is 3.43. The van der Waals surface area contributed by atoms with E-state index in [1.807, 2.05) is 0 Å². The second kappa shape index (κ2) is 9.34. The van der Waals surface area contributed by atoms with Gasteiger partial charge in [-0.05, 0) is 12.2 Å². The highest BCUT2D eigenvalue weighted by molar-refractivity contribution is 7.99. The van der Waals surface area contributed by atoms with Gasteiger partial charge in [0.05, 0.1) is 0 Å². The molecule has 0 amide bonds. The van der Waals surface area contributed by atoms with Crippen molar-refractivity contribution in [3.63, 3.8) is 0 Å². The van der Waals surface area contributed by atoms with Crippen molar-refractivity contribution < 1.29 is 9.90 Å². The first-order valence-electron chi connectivity index (χ1n) is 5.24. The predicted octanol–water partition coefficient (Wildman–Crippen LogP) is 2.10. The summed E-state index contributed by atoms with van der Waals surface area (Å²) >= 11 is 1.64. The van der Waals surface area contributed by atoms with E-state index in [9.17, 15) is 4.79 Å². The second-order valence-corrected chi connectivity index (χ2v) is 4.58. The van der Waals surface area contributed by atoms with E-state index in [-0.39, 0.29) is 0 Å². The first-order chi connectivity index (χ1) is 6.68. The highest BCUT2D eigenvalue weighted by Gasteiger charge is 2.09. The summed E-state index contributed by atoms with van der Waals surface area (Å²) in [5, 5.41) is 8.52. The first kappa shape index (κ1) is 13.8. The SMILES string of the molecule is CCCCCCCSC[C@H](N)C(=O)O. The molecule has 3 nitrogen and oxygen atoms in total. The van der Waals surface area contributed by atoms with Gasteiger partial charge in [-0.25, -0.2) is 0 Å². The van der Waals surface area contributed by atoms with E-state index in [4.69, 9.17) is 10.8 Å². The summed E-state index contributed by atoms with van der Waals surface area (Å²) < 4.78 is 0. The minimum atomic E-state index is -0.900. The maximum atomic E-state index is 10.4. The van der Waals surface area contributed by atoms with Crippen LogP contribution in [-0.2, 0) is 4.79 Å². The zero-order valence-corrected chi connectivity index (χ0v) is 9.68. The number of aliphatic carboxylic acids is 1. The average Bonchev–Trinajstić information content (AvgIpc) is 2.16. The molecule has 0 radical (unpaired) electrons. The molecule has 0 bridgehead atoms. The summed E-state index contributed by atoms with van der Waals surface area (Å²) in [6.07, 6.45) is 6.29. The number of unbranched alkanes of at least 4 members (excludes halogenated alkanes) is 4. The van der Waals surface area contributed by atoms with Gasteiger partial charge < -0.3 is 10.8 Å². The van der Waals surface area contributed by atoms with Gasteiger partial charge in [0.2, 0.25) is 0 Å². The molecule has 0 aliphatic heterocycles. The molecule has 0 aromatic rings. The highest BCUT2D eigenvalue weighted by Crippen LogP contribution is 2.09. The van der Waals surface area contributed by atoms with Gasteiger partial charge in [-0.2, -0.15) is 11.8 Å². The van der Waals surface area contributed by atoms with Crippen molar-refractivity contribution in [2.24, 2.45) is 5.73 Å². The molecule has 0 saturated heterocycles. The minimum absolute atomic E-state index is 0.531. The number of carbonyl (C=O) groups is 1. The molecule has 0 saturated carbocycles.